The summed E-state index contributed by atoms with van der Waals surface area (Å²) in [5.74, 6) is 0.351. The molecular weight excluding hydrogens is 288 g/mol. The molecule has 23 heavy (non-hydrogen) atoms. The first-order chi connectivity index (χ1) is 11.3. The number of rotatable bonds is 4. The Morgan fingerprint density at radius 2 is 2.00 bits per heavy atom. The van der Waals surface area contributed by atoms with Gasteiger partial charge in [-0.05, 0) is 38.1 Å². The Labute approximate surface area is 139 Å². The van der Waals surface area contributed by atoms with Crippen LogP contribution in [0, 0.1) is 0 Å². The second-order valence-electron chi connectivity index (χ2n) is 6.56. The third-order valence-electron chi connectivity index (χ3n) is 5.10. The van der Waals surface area contributed by atoms with Gasteiger partial charge in [0.25, 0.3) is 0 Å². The zero-order valence-corrected chi connectivity index (χ0v) is 14.2. The first-order valence-corrected chi connectivity index (χ1v) is 8.93. The van der Waals surface area contributed by atoms with E-state index in [1.807, 2.05) is 18.3 Å². The smallest absolute Gasteiger partial charge is 0.240 e. The third kappa shape index (κ3) is 4.09. The summed E-state index contributed by atoms with van der Waals surface area (Å²) in [6.07, 6.45) is 5.29. The largest absolute Gasteiger partial charge is 0.339 e. The fraction of sp³-hybridized carbons (Fsp3) is 0.667. The van der Waals surface area contributed by atoms with Gasteiger partial charge < -0.3 is 4.90 Å². The number of aromatic nitrogens is 1. The van der Waals surface area contributed by atoms with E-state index in [0.29, 0.717) is 5.91 Å². The van der Waals surface area contributed by atoms with E-state index < -0.39 is 0 Å². The minimum Gasteiger partial charge on any atom is -0.339 e. The van der Waals surface area contributed by atoms with Crippen LogP contribution in [0.5, 0.6) is 0 Å². The lowest BCUT2D eigenvalue weighted by Gasteiger charge is -2.40. The number of piperidine rings is 1. The van der Waals surface area contributed by atoms with E-state index in [4.69, 9.17) is 0 Å². The van der Waals surface area contributed by atoms with E-state index in [2.05, 4.69) is 32.7 Å². The average Bonchev–Trinajstić information content (AvgIpc) is 2.62. The molecule has 1 amide bonds. The van der Waals surface area contributed by atoms with Gasteiger partial charge in [-0.25, -0.2) is 0 Å². The molecule has 1 atom stereocenters. The lowest BCUT2D eigenvalue weighted by molar-refractivity contribution is -0.140. The zero-order chi connectivity index (χ0) is 16.1. The van der Waals surface area contributed by atoms with Crippen molar-refractivity contribution >= 4 is 5.91 Å². The molecular formula is C18H28N4O. The normalized spacial score (nSPS) is 23.9. The Bertz CT molecular complexity index is 499. The van der Waals surface area contributed by atoms with Crippen LogP contribution in [0.3, 0.4) is 0 Å². The van der Waals surface area contributed by atoms with Crippen LogP contribution in [-0.4, -0.2) is 70.9 Å². The van der Waals surface area contributed by atoms with Crippen LogP contribution in [0.25, 0.3) is 0 Å². The molecule has 0 saturated carbocycles. The van der Waals surface area contributed by atoms with E-state index in [9.17, 15) is 4.79 Å². The number of hydrogen-bond acceptors (Lipinski definition) is 4. The van der Waals surface area contributed by atoms with Crippen molar-refractivity contribution in [3.05, 3.63) is 30.1 Å². The first-order valence-electron chi connectivity index (χ1n) is 8.93. The number of pyridine rings is 1. The molecule has 3 heterocycles. The van der Waals surface area contributed by atoms with Gasteiger partial charge in [-0.15, -0.1) is 0 Å². The molecule has 0 radical (unpaired) electrons. The summed E-state index contributed by atoms with van der Waals surface area (Å²) in [5, 5.41) is 0. The van der Waals surface area contributed by atoms with Crippen LogP contribution in [0.4, 0.5) is 0 Å². The lowest BCUT2D eigenvalue weighted by atomic mass is 10.0. The maximum absolute atomic E-state index is 12.8. The quantitative estimate of drug-likeness (QED) is 0.846. The molecule has 2 saturated heterocycles. The zero-order valence-electron chi connectivity index (χ0n) is 14.2. The predicted molar refractivity (Wildman–Crippen MR) is 91.0 cm³/mol. The summed E-state index contributed by atoms with van der Waals surface area (Å²) in [4.78, 5) is 24.1. The molecule has 2 fully saturated rings. The van der Waals surface area contributed by atoms with Crippen molar-refractivity contribution in [2.24, 2.45) is 0 Å². The van der Waals surface area contributed by atoms with E-state index in [1.165, 1.54) is 12.8 Å². The number of hydrogen-bond donors (Lipinski definition) is 0. The van der Waals surface area contributed by atoms with Crippen LogP contribution in [-0.2, 0) is 11.3 Å². The van der Waals surface area contributed by atoms with Crippen LogP contribution >= 0.6 is 0 Å². The SMILES string of the molecule is CCN1CCCC[C@H]1C(=O)N1CCN(Cc2ccccn2)CC1. The highest BCUT2D eigenvalue weighted by molar-refractivity contribution is 5.82. The number of amides is 1. The molecule has 0 unspecified atom stereocenters. The van der Waals surface area contributed by atoms with E-state index in [-0.39, 0.29) is 6.04 Å². The molecule has 0 aromatic carbocycles. The fourth-order valence-corrected chi connectivity index (χ4v) is 3.71. The van der Waals surface area contributed by atoms with E-state index in [1.54, 1.807) is 0 Å². The molecule has 5 heteroatoms. The van der Waals surface area contributed by atoms with Crippen LogP contribution in [0.2, 0.25) is 0 Å². The van der Waals surface area contributed by atoms with Gasteiger partial charge in [0.2, 0.25) is 5.91 Å². The summed E-state index contributed by atoms with van der Waals surface area (Å²) in [6, 6.07) is 6.17. The van der Waals surface area contributed by atoms with Gasteiger partial charge in [0, 0.05) is 38.9 Å². The monoisotopic (exact) mass is 316 g/mol. The third-order valence-corrected chi connectivity index (χ3v) is 5.10. The van der Waals surface area contributed by atoms with Gasteiger partial charge in [0.1, 0.15) is 0 Å². The predicted octanol–water partition coefficient (Wildman–Crippen LogP) is 1.60. The number of piperazine rings is 1. The molecule has 5 nitrogen and oxygen atoms in total. The Morgan fingerprint density at radius 1 is 1.17 bits per heavy atom. The van der Waals surface area contributed by atoms with Crippen LogP contribution < -0.4 is 0 Å². The second-order valence-corrected chi connectivity index (χ2v) is 6.56. The van der Waals surface area contributed by atoms with Crippen molar-refractivity contribution in [1.82, 2.24) is 19.7 Å². The number of carbonyl (C=O) groups excluding carboxylic acids is 1. The minimum absolute atomic E-state index is 0.121. The number of nitrogens with zero attached hydrogens (tertiary/aromatic N) is 4. The van der Waals surface area contributed by atoms with E-state index >= 15 is 0 Å². The Balaban J connectivity index is 1.51. The van der Waals surface area contributed by atoms with Crippen molar-refractivity contribution in [2.75, 3.05) is 39.3 Å². The molecule has 1 aromatic rings. The number of likely N-dealkylation sites (tertiary alicyclic amines) is 1. The molecule has 2 aliphatic heterocycles. The van der Waals surface area contributed by atoms with Crippen molar-refractivity contribution < 1.29 is 4.79 Å². The van der Waals surface area contributed by atoms with Gasteiger partial charge in [-0.1, -0.05) is 19.4 Å². The van der Waals surface area contributed by atoms with Crippen molar-refractivity contribution in [2.45, 2.75) is 38.8 Å². The highest BCUT2D eigenvalue weighted by Gasteiger charge is 2.32. The van der Waals surface area contributed by atoms with Crippen molar-refractivity contribution in [3.8, 4) is 0 Å². The van der Waals surface area contributed by atoms with Crippen LogP contribution in [0.15, 0.2) is 24.4 Å². The molecule has 126 valence electrons. The minimum atomic E-state index is 0.121. The number of likely N-dealkylation sites (N-methyl/N-ethyl adjacent to an activating group) is 1. The highest BCUT2D eigenvalue weighted by atomic mass is 16.2. The highest BCUT2D eigenvalue weighted by Crippen LogP contribution is 2.19. The fourth-order valence-electron chi connectivity index (χ4n) is 3.71. The van der Waals surface area contributed by atoms with Gasteiger partial charge in [0.05, 0.1) is 11.7 Å². The maximum Gasteiger partial charge on any atom is 0.240 e. The molecule has 0 aliphatic carbocycles. The van der Waals surface area contributed by atoms with Crippen molar-refractivity contribution in [3.63, 3.8) is 0 Å². The molecule has 3 rings (SSSR count). The summed E-state index contributed by atoms with van der Waals surface area (Å²) in [5.41, 5.74) is 1.11. The summed E-state index contributed by atoms with van der Waals surface area (Å²) < 4.78 is 0. The summed E-state index contributed by atoms with van der Waals surface area (Å²) in [6.45, 7) is 8.69. The molecule has 0 N–H and O–H groups in total. The van der Waals surface area contributed by atoms with Crippen LogP contribution in [0.1, 0.15) is 31.9 Å². The van der Waals surface area contributed by atoms with E-state index in [0.717, 1.165) is 57.9 Å². The Hall–Kier alpha value is -1.46. The van der Waals surface area contributed by atoms with Gasteiger partial charge >= 0.3 is 0 Å². The van der Waals surface area contributed by atoms with Gasteiger partial charge in [-0.3, -0.25) is 19.6 Å². The summed E-state index contributed by atoms with van der Waals surface area (Å²) >= 11 is 0. The standard InChI is InChI=1S/C18H28N4O/c1-2-21-10-6-4-8-17(21)18(23)22-13-11-20(12-14-22)15-16-7-3-5-9-19-16/h3,5,7,9,17H,2,4,6,8,10-15H2,1H3/t17-/m0/s1. The second kappa shape index (κ2) is 7.88. The average molecular weight is 316 g/mol. The lowest BCUT2D eigenvalue weighted by Crippen LogP contribution is -2.55. The first kappa shape index (κ1) is 16.4. The Morgan fingerprint density at radius 3 is 2.70 bits per heavy atom. The molecule has 2 aliphatic rings. The molecule has 0 bridgehead atoms. The molecule has 1 aromatic heterocycles. The maximum atomic E-state index is 12.8. The topological polar surface area (TPSA) is 39.7 Å². The van der Waals surface area contributed by atoms with Crippen molar-refractivity contribution in [1.29, 1.82) is 0 Å². The van der Waals surface area contributed by atoms with Gasteiger partial charge in [0.15, 0.2) is 0 Å². The number of carbonyl (C=O) groups is 1. The Kier molecular flexibility index (Phi) is 5.62. The van der Waals surface area contributed by atoms with Gasteiger partial charge in [-0.2, -0.15) is 0 Å². The summed E-state index contributed by atoms with van der Waals surface area (Å²) in [7, 11) is 0. The molecule has 0 spiro atoms.